The van der Waals surface area contributed by atoms with Crippen LogP contribution >= 0.6 is 11.6 Å². The molecule has 16 heavy (non-hydrogen) atoms. The number of rotatable bonds is 7. The lowest BCUT2D eigenvalue weighted by atomic mass is 10.3. The summed E-state index contributed by atoms with van der Waals surface area (Å²) in [6.07, 6.45) is 4.06. The average molecular weight is 240 g/mol. The van der Waals surface area contributed by atoms with Gasteiger partial charge in [0.2, 0.25) is 0 Å². The number of benzene rings is 1. The molecule has 1 saturated carbocycles. The van der Waals surface area contributed by atoms with Gasteiger partial charge in [-0.15, -0.1) is 0 Å². The van der Waals surface area contributed by atoms with Crippen molar-refractivity contribution < 1.29 is 4.74 Å². The quantitative estimate of drug-likeness (QED) is 0.735. The summed E-state index contributed by atoms with van der Waals surface area (Å²) in [4.78, 5) is 0. The Hall–Kier alpha value is -0.730. The summed E-state index contributed by atoms with van der Waals surface area (Å²) in [6, 6.07) is 7.73. The van der Waals surface area contributed by atoms with Crippen LogP contribution in [-0.2, 0) is 4.74 Å². The summed E-state index contributed by atoms with van der Waals surface area (Å²) in [5, 5.41) is 4.06. The van der Waals surface area contributed by atoms with Crippen LogP contribution in [0.3, 0.4) is 0 Å². The van der Waals surface area contributed by atoms with Crippen molar-refractivity contribution in [2.24, 2.45) is 5.92 Å². The molecule has 2 nitrogen and oxygen atoms in total. The zero-order valence-corrected chi connectivity index (χ0v) is 10.2. The van der Waals surface area contributed by atoms with Gasteiger partial charge >= 0.3 is 0 Å². The molecule has 2 rings (SSSR count). The smallest absolute Gasteiger partial charge is 0.0639 e. The first-order valence-electron chi connectivity index (χ1n) is 5.92. The molecule has 1 aromatic carbocycles. The second-order valence-electron chi connectivity index (χ2n) is 4.28. The van der Waals surface area contributed by atoms with E-state index in [-0.39, 0.29) is 0 Å². The first-order chi connectivity index (χ1) is 7.84. The monoisotopic (exact) mass is 239 g/mol. The number of hydrogen-bond donors (Lipinski definition) is 1. The molecule has 1 fully saturated rings. The maximum Gasteiger partial charge on any atom is 0.0639 e. The molecule has 0 saturated heterocycles. The van der Waals surface area contributed by atoms with Crippen molar-refractivity contribution in [1.29, 1.82) is 0 Å². The lowest BCUT2D eigenvalue weighted by molar-refractivity contribution is 0.137. The number of nitrogens with one attached hydrogen (secondary N) is 1. The number of hydrogen-bond acceptors (Lipinski definition) is 2. The van der Waals surface area contributed by atoms with Gasteiger partial charge in [-0.3, -0.25) is 0 Å². The summed E-state index contributed by atoms with van der Waals surface area (Å²) in [5.74, 6) is 0.962. The third-order valence-corrected chi connectivity index (χ3v) is 3.04. The Balaban J connectivity index is 1.51. The summed E-state index contributed by atoms with van der Waals surface area (Å²) in [5.41, 5.74) is 1.09. The molecule has 1 aromatic rings. The molecule has 0 atom stereocenters. The Bertz CT molecular complexity index is 308. The molecule has 3 heteroatoms. The van der Waals surface area contributed by atoms with Gasteiger partial charge in [0.15, 0.2) is 0 Å². The van der Waals surface area contributed by atoms with Gasteiger partial charge in [0.25, 0.3) is 0 Å². The van der Waals surface area contributed by atoms with E-state index in [4.69, 9.17) is 16.3 Å². The van der Waals surface area contributed by atoms with Crippen LogP contribution in [0.25, 0.3) is 0 Å². The van der Waals surface area contributed by atoms with Gasteiger partial charge in [-0.25, -0.2) is 0 Å². The largest absolute Gasteiger partial charge is 0.383 e. The van der Waals surface area contributed by atoms with Crippen LogP contribution in [0, 0.1) is 5.92 Å². The molecule has 0 heterocycles. The van der Waals surface area contributed by atoms with Crippen molar-refractivity contribution in [3.63, 3.8) is 0 Å². The molecular weight excluding hydrogens is 222 g/mol. The molecule has 88 valence electrons. The molecule has 0 amide bonds. The highest BCUT2D eigenvalue weighted by Crippen LogP contribution is 2.31. The van der Waals surface area contributed by atoms with Gasteiger partial charge < -0.3 is 10.1 Å². The Labute approximate surface area is 102 Å². The van der Waals surface area contributed by atoms with Crippen LogP contribution in [0.2, 0.25) is 5.02 Å². The van der Waals surface area contributed by atoms with Gasteiger partial charge in [0.1, 0.15) is 0 Å². The minimum atomic E-state index is 0.770. The SMILES string of the molecule is Clc1ccc(NCCOCCC2CC2)cc1. The van der Waals surface area contributed by atoms with Crippen molar-refractivity contribution >= 4 is 17.3 Å². The summed E-state index contributed by atoms with van der Waals surface area (Å²) in [6.45, 7) is 2.54. The van der Waals surface area contributed by atoms with Gasteiger partial charge in [0, 0.05) is 23.9 Å². The molecule has 0 aliphatic heterocycles. The van der Waals surface area contributed by atoms with E-state index in [1.165, 1.54) is 19.3 Å². The molecule has 1 aliphatic rings. The second kappa shape index (κ2) is 6.12. The van der Waals surface area contributed by atoms with Gasteiger partial charge in [-0.1, -0.05) is 24.4 Å². The summed E-state index contributed by atoms with van der Waals surface area (Å²) in [7, 11) is 0. The lowest BCUT2D eigenvalue weighted by Gasteiger charge is -2.07. The highest BCUT2D eigenvalue weighted by Gasteiger charge is 2.20. The van der Waals surface area contributed by atoms with E-state index in [1.807, 2.05) is 24.3 Å². The second-order valence-corrected chi connectivity index (χ2v) is 4.71. The van der Waals surface area contributed by atoms with Crippen molar-refractivity contribution in [2.75, 3.05) is 25.1 Å². The lowest BCUT2D eigenvalue weighted by Crippen LogP contribution is -2.10. The van der Waals surface area contributed by atoms with E-state index >= 15 is 0 Å². The maximum absolute atomic E-state index is 5.80. The molecule has 0 bridgehead atoms. The van der Waals surface area contributed by atoms with Crippen molar-refractivity contribution in [1.82, 2.24) is 0 Å². The van der Waals surface area contributed by atoms with E-state index in [0.29, 0.717) is 0 Å². The first kappa shape index (κ1) is 11.7. The standard InChI is InChI=1S/C13H18ClNO/c14-12-3-5-13(6-4-12)15-8-10-16-9-7-11-1-2-11/h3-6,11,15H,1-2,7-10H2. The van der Waals surface area contributed by atoms with E-state index in [0.717, 1.165) is 36.4 Å². The Morgan fingerprint density at radius 2 is 1.94 bits per heavy atom. The maximum atomic E-state index is 5.80. The highest BCUT2D eigenvalue weighted by atomic mass is 35.5. The fourth-order valence-corrected chi connectivity index (χ4v) is 1.72. The van der Waals surface area contributed by atoms with Crippen molar-refractivity contribution in [3.8, 4) is 0 Å². The molecule has 0 spiro atoms. The van der Waals surface area contributed by atoms with Crippen LogP contribution in [-0.4, -0.2) is 19.8 Å². The predicted molar refractivity (Wildman–Crippen MR) is 68.1 cm³/mol. The van der Waals surface area contributed by atoms with E-state index in [1.54, 1.807) is 0 Å². The molecular formula is C13H18ClNO. The number of ether oxygens (including phenoxy) is 1. The van der Waals surface area contributed by atoms with Gasteiger partial charge in [-0.2, -0.15) is 0 Å². The fourth-order valence-electron chi connectivity index (χ4n) is 1.59. The number of anilines is 1. The fraction of sp³-hybridized carbons (Fsp3) is 0.538. The minimum absolute atomic E-state index is 0.770. The molecule has 0 unspecified atom stereocenters. The van der Waals surface area contributed by atoms with Crippen LogP contribution in [0.4, 0.5) is 5.69 Å². The summed E-state index contributed by atoms with van der Waals surface area (Å²) >= 11 is 5.80. The van der Waals surface area contributed by atoms with Gasteiger partial charge in [0.05, 0.1) is 6.61 Å². The van der Waals surface area contributed by atoms with Crippen LogP contribution in [0.1, 0.15) is 19.3 Å². The molecule has 1 N–H and O–H groups in total. The van der Waals surface area contributed by atoms with Crippen molar-refractivity contribution in [2.45, 2.75) is 19.3 Å². The minimum Gasteiger partial charge on any atom is -0.383 e. The van der Waals surface area contributed by atoms with Crippen molar-refractivity contribution in [3.05, 3.63) is 29.3 Å². The van der Waals surface area contributed by atoms with E-state index in [9.17, 15) is 0 Å². The van der Waals surface area contributed by atoms with E-state index < -0.39 is 0 Å². The zero-order valence-electron chi connectivity index (χ0n) is 9.42. The first-order valence-corrected chi connectivity index (χ1v) is 6.29. The zero-order chi connectivity index (χ0) is 11.2. The third-order valence-electron chi connectivity index (χ3n) is 2.79. The normalized spacial score (nSPS) is 15.1. The highest BCUT2D eigenvalue weighted by molar-refractivity contribution is 6.30. The topological polar surface area (TPSA) is 21.3 Å². The number of halogens is 1. The van der Waals surface area contributed by atoms with Crippen LogP contribution < -0.4 is 5.32 Å². The predicted octanol–water partition coefficient (Wildman–Crippen LogP) is 3.57. The molecule has 0 aromatic heterocycles. The average Bonchev–Trinajstić information content (AvgIpc) is 3.10. The van der Waals surface area contributed by atoms with E-state index in [2.05, 4.69) is 5.32 Å². The Morgan fingerprint density at radius 1 is 1.19 bits per heavy atom. The van der Waals surface area contributed by atoms with Crippen LogP contribution in [0.5, 0.6) is 0 Å². The molecule has 1 aliphatic carbocycles. The van der Waals surface area contributed by atoms with Crippen LogP contribution in [0.15, 0.2) is 24.3 Å². The molecule has 0 radical (unpaired) electrons. The Morgan fingerprint density at radius 3 is 2.62 bits per heavy atom. The Kier molecular flexibility index (Phi) is 4.49. The third kappa shape index (κ3) is 4.42. The summed E-state index contributed by atoms with van der Waals surface area (Å²) < 4.78 is 5.54. The van der Waals surface area contributed by atoms with Gasteiger partial charge in [-0.05, 0) is 36.6 Å².